The average molecular weight is 277 g/mol. The lowest BCUT2D eigenvalue weighted by Crippen LogP contribution is -2.58. The van der Waals surface area contributed by atoms with Crippen LogP contribution in [0.4, 0.5) is 0 Å². The standard InChI is InChI=1S/C16H27N3O/c1-15(2,3)11-19(5)12-16(18-4,14(17)20)13-9-7-6-8-10-13/h6-10,18H,11-12H2,1-5H3,(H2,17,20). The molecular formula is C16H27N3O. The molecule has 1 amide bonds. The Morgan fingerprint density at radius 3 is 2.15 bits per heavy atom. The van der Waals surface area contributed by atoms with Gasteiger partial charge in [0, 0.05) is 13.1 Å². The van der Waals surface area contributed by atoms with Gasteiger partial charge in [0.25, 0.3) is 0 Å². The number of carbonyl (C=O) groups is 1. The molecular weight excluding hydrogens is 250 g/mol. The Bertz CT molecular complexity index is 439. The normalized spacial score (nSPS) is 15.1. The van der Waals surface area contributed by atoms with Crippen LogP contribution in [0.25, 0.3) is 0 Å². The number of hydrogen-bond donors (Lipinski definition) is 2. The van der Waals surface area contributed by atoms with Crippen molar-refractivity contribution < 1.29 is 4.79 Å². The van der Waals surface area contributed by atoms with Crippen molar-refractivity contribution in [3.63, 3.8) is 0 Å². The number of hydrogen-bond acceptors (Lipinski definition) is 3. The molecule has 1 atom stereocenters. The molecule has 0 aliphatic rings. The van der Waals surface area contributed by atoms with E-state index < -0.39 is 5.54 Å². The molecule has 0 aliphatic heterocycles. The Hall–Kier alpha value is -1.39. The molecule has 3 N–H and O–H groups in total. The van der Waals surface area contributed by atoms with Gasteiger partial charge in [-0.3, -0.25) is 4.79 Å². The number of nitrogens with one attached hydrogen (secondary N) is 1. The molecule has 1 aromatic carbocycles. The van der Waals surface area contributed by atoms with Gasteiger partial charge in [0.1, 0.15) is 5.54 Å². The van der Waals surface area contributed by atoms with Crippen LogP contribution in [0.15, 0.2) is 30.3 Å². The van der Waals surface area contributed by atoms with Gasteiger partial charge in [-0.1, -0.05) is 51.1 Å². The van der Waals surface area contributed by atoms with Crippen molar-refractivity contribution in [1.82, 2.24) is 10.2 Å². The average Bonchev–Trinajstić information content (AvgIpc) is 2.34. The zero-order chi connectivity index (χ0) is 15.4. The number of nitrogens with zero attached hydrogens (tertiary/aromatic N) is 1. The van der Waals surface area contributed by atoms with Crippen LogP contribution in [0.5, 0.6) is 0 Å². The number of benzene rings is 1. The Morgan fingerprint density at radius 1 is 1.20 bits per heavy atom. The van der Waals surface area contributed by atoms with Gasteiger partial charge < -0.3 is 16.0 Å². The van der Waals surface area contributed by atoms with Crippen molar-refractivity contribution in [2.24, 2.45) is 11.1 Å². The second-order valence-electron chi connectivity index (χ2n) is 6.62. The molecule has 0 aliphatic carbocycles. The molecule has 0 spiro atoms. The molecule has 0 aromatic heterocycles. The number of amides is 1. The summed E-state index contributed by atoms with van der Waals surface area (Å²) < 4.78 is 0. The molecule has 4 heteroatoms. The quantitative estimate of drug-likeness (QED) is 0.830. The largest absolute Gasteiger partial charge is 0.368 e. The van der Waals surface area contributed by atoms with Gasteiger partial charge in [-0.2, -0.15) is 0 Å². The predicted octanol–water partition coefficient (Wildman–Crippen LogP) is 1.56. The van der Waals surface area contributed by atoms with Crippen LogP contribution >= 0.6 is 0 Å². The SMILES string of the molecule is CNC(CN(C)CC(C)(C)C)(C(N)=O)c1ccccc1. The smallest absolute Gasteiger partial charge is 0.243 e. The number of primary amides is 1. The summed E-state index contributed by atoms with van der Waals surface area (Å²) in [5.41, 5.74) is 5.91. The maximum absolute atomic E-state index is 12.1. The fraction of sp³-hybridized carbons (Fsp3) is 0.562. The van der Waals surface area contributed by atoms with E-state index in [1.54, 1.807) is 7.05 Å². The molecule has 112 valence electrons. The van der Waals surface area contributed by atoms with Crippen molar-refractivity contribution in [3.8, 4) is 0 Å². The summed E-state index contributed by atoms with van der Waals surface area (Å²) in [4.78, 5) is 14.2. The van der Waals surface area contributed by atoms with E-state index in [0.29, 0.717) is 6.54 Å². The second-order valence-corrected chi connectivity index (χ2v) is 6.62. The number of nitrogens with two attached hydrogens (primary N) is 1. The third kappa shape index (κ3) is 4.05. The first kappa shape index (κ1) is 16.7. The van der Waals surface area contributed by atoms with E-state index in [2.05, 4.69) is 31.0 Å². The Labute approximate surface area is 122 Å². The highest BCUT2D eigenvalue weighted by Crippen LogP contribution is 2.23. The summed E-state index contributed by atoms with van der Waals surface area (Å²) in [6.07, 6.45) is 0. The van der Waals surface area contributed by atoms with E-state index in [1.165, 1.54) is 0 Å². The highest BCUT2D eigenvalue weighted by molar-refractivity contribution is 5.86. The maximum Gasteiger partial charge on any atom is 0.243 e. The van der Waals surface area contributed by atoms with E-state index in [9.17, 15) is 4.79 Å². The van der Waals surface area contributed by atoms with Gasteiger partial charge in [0.2, 0.25) is 5.91 Å². The lowest BCUT2D eigenvalue weighted by molar-refractivity contribution is -0.125. The van der Waals surface area contributed by atoms with Crippen molar-refractivity contribution >= 4 is 5.91 Å². The summed E-state index contributed by atoms with van der Waals surface area (Å²) in [6.45, 7) is 7.96. The zero-order valence-electron chi connectivity index (χ0n) is 13.2. The topological polar surface area (TPSA) is 58.4 Å². The number of rotatable bonds is 6. The van der Waals surface area contributed by atoms with Crippen LogP contribution in [0.3, 0.4) is 0 Å². The predicted molar refractivity (Wildman–Crippen MR) is 83.3 cm³/mol. The van der Waals surface area contributed by atoms with Crippen LogP contribution in [0.2, 0.25) is 0 Å². The first-order valence-corrected chi connectivity index (χ1v) is 6.94. The fourth-order valence-corrected chi connectivity index (χ4v) is 2.65. The Morgan fingerprint density at radius 2 is 1.75 bits per heavy atom. The molecule has 0 saturated heterocycles. The molecule has 0 radical (unpaired) electrons. The summed E-state index contributed by atoms with van der Waals surface area (Å²) in [6, 6.07) is 9.66. The van der Waals surface area contributed by atoms with E-state index in [0.717, 1.165) is 12.1 Å². The minimum absolute atomic E-state index is 0.169. The monoisotopic (exact) mass is 277 g/mol. The molecule has 0 bridgehead atoms. The molecule has 0 heterocycles. The van der Waals surface area contributed by atoms with E-state index in [4.69, 9.17) is 5.73 Å². The van der Waals surface area contributed by atoms with Gasteiger partial charge >= 0.3 is 0 Å². The molecule has 1 rings (SSSR count). The minimum Gasteiger partial charge on any atom is -0.368 e. The van der Waals surface area contributed by atoms with Crippen LogP contribution < -0.4 is 11.1 Å². The lowest BCUT2D eigenvalue weighted by Gasteiger charge is -2.37. The van der Waals surface area contributed by atoms with Crippen LogP contribution in [0.1, 0.15) is 26.3 Å². The highest BCUT2D eigenvalue weighted by Gasteiger charge is 2.38. The third-order valence-corrected chi connectivity index (χ3v) is 3.37. The Kier molecular flexibility index (Phi) is 5.31. The van der Waals surface area contributed by atoms with Crippen LogP contribution in [-0.2, 0) is 10.3 Å². The summed E-state index contributed by atoms with van der Waals surface area (Å²) in [7, 11) is 3.80. The first-order chi connectivity index (χ1) is 9.21. The number of likely N-dealkylation sites (N-methyl/N-ethyl adjacent to an activating group) is 2. The van der Waals surface area contributed by atoms with Crippen molar-refractivity contribution in [2.75, 3.05) is 27.2 Å². The van der Waals surface area contributed by atoms with Gasteiger partial charge in [0.15, 0.2) is 0 Å². The van der Waals surface area contributed by atoms with Crippen molar-refractivity contribution in [2.45, 2.75) is 26.3 Å². The van der Waals surface area contributed by atoms with Crippen LogP contribution in [0, 0.1) is 5.41 Å². The summed E-state index contributed by atoms with van der Waals surface area (Å²) in [5.74, 6) is -0.355. The maximum atomic E-state index is 12.1. The molecule has 1 unspecified atom stereocenters. The second kappa shape index (κ2) is 6.37. The Balaban J connectivity index is 3.05. The number of carbonyl (C=O) groups excluding carboxylic acids is 1. The van der Waals surface area contributed by atoms with Crippen molar-refractivity contribution in [1.29, 1.82) is 0 Å². The summed E-state index contributed by atoms with van der Waals surface area (Å²) in [5, 5.41) is 3.13. The van der Waals surface area contributed by atoms with Gasteiger partial charge in [-0.05, 0) is 25.1 Å². The molecule has 20 heavy (non-hydrogen) atoms. The first-order valence-electron chi connectivity index (χ1n) is 6.94. The third-order valence-electron chi connectivity index (χ3n) is 3.37. The van der Waals surface area contributed by atoms with Crippen LogP contribution in [-0.4, -0.2) is 38.0 Å². The van der Waals surface area contributed by atoms with Gasteiger partial charge in [-0.15, -0.1) is 0 Å². The zero-order valence-corrected chi connectivity index (χ0v) is 13.2. The fourth-order valence-electron chi connectivity index (χ4n) is 2.65. The van der Waals surface area contributed by atoms with Gasteiger partial charge in [0.05, 0.1) is 0 Å². The van der Waals surface area contributed by atoms with Gasteiger partial charge in [-0.25, -0.2) is 0 Å². The van der Waals surface area contributed by atoms with E-state index >= 15 is 0 Å². The molecule has 0 fully saturated rings. The lowest BCUT2D eigenvalue weighted by atomic mass is 9.87. The molecule has 0 saturated carbocycles. The minimum atomic E-state index is -0.860. The molecule has 4 nitrogen and oxygen atoms in total. The molecule has 1 aromatic rings. The summed E-state index contributed by atoms with van der Waals surface area (Å²) >= 11 is 0. The van der Waals surface area contributed by atoms with E-state index in [1.807, 2.05) is 37.4 Å². The van der Waals surface area contributed by atoms with E-state index in [-0.39, 0.29) is 11.3 Å². The van der Waals surface area contributed by atoms with Crippen molar-refractivity contribution in [3.05, 3.63) is 35.9 Å². The highest BCUT2D eigenvalue weighted by atomic mass is 16.1.